The smallest absolute Gasteiger partial charge is 0.247 e. The predicted octanol–water partition coefficient (Wildman–Crippen LogP) is 3.91. The van der Waals surface area contributed by atoms with Crippen LogP contribution in [-0.4, -0.2) is 49.3 Å². The number of nitrogens with zero attached hydrogens (tertiary/aromatic N) is 5. The molecule has 2 aromatic heterocycles. The van der Waals surface area contributed by atoms with Crippen molar-refractivity contribution < 1.29 is 14.3 Å². The first-order chi connectivity index (χ1) is 17.8. The number of hydrogen-bond donors (Lipinski definition) is 1. The first kappa shape index (κ1) is 25.8. The van der Waals surface area contributed by atoms with Gasteiger partial charge in [-0.1, -0.05) is 42.5 Å². The minimum absolute atomic E-state index is 0.0715. The number of rotatable bonds is 10. The van der Waals surface area contributed by atoms with Crippen molar-refractivity contribution in [1.29, 1.82) is 0 Å². The topological polar surface area (TPSA) is 102 Å². The fourth-order valence-corrected chi connectivity index (χ4v) is 4.01. The van der Waals surface area contributed by atoms with E-state index in [0.29, 0.717) is 16.8 Å². The third-order valence-electron chi connectivity index (χ3n) is 6.44. The first-order valence-corrected chi connectivity index (χ1v) is 12.2. The molecule has 0 unspecified atom stereocenters. The standard InChI is InChI=1S/C28H32N6O3/c1-5-28(2,3)30-27(36)26(21-9-8-16-29-17-21)33(18-20-12-14-22(37-4)15-13-20)25(35)19-34-24-11-7-6-10-23(24)31-32-34/h6-17,26H,5,18-19H2,1-4H3,(H,30,36)/t26-/m1/s1. The maximum atomic E-state index is 13.9. The molecule has 0 aliphatic rings. The molecule has 9 nitrogen and oxygen atoms in total. The highest BCUT2D eigenvalue weighted by atomic mass is 16.5. The molecule has 0 bridgehead atoms. The maximum absolute atomic E-state index is 13.9. The van der Waals surface area contributed by atoms with Gasteiger partial charge >= 0.3 is 0 Å². The molecule has 0 saturated heterocycles. The van der Waals surface area contributed by atoms with Gasteiger partial charge in [0.15, 0.2) is 0 Å². The van der Waals surface area contributed by atoms with Crippen molar-refractivity contribution >= 4 is 22.8 Å². The Morgan fingerprint density at radius 2 is 1.84 bits per heavy atom. The zero-order valence-electron chi connectivity index (χ0n) is 21.6. The normalized spacial score (nSPS) is 12.2. The van der Waals surface area contributed by atoms with Crippen molar-refractivity contribution in [1.82, 2.24) is 30.2 Å². The van der Waals surface area contributed by atoms with E-state index in [0.717, 1.165) is 17.5 Å². The van der Waals surface area contributed by atoms with Crippen LogP contribution in [0.4, 0.5) is 0 Å². The number of fused-ring (bicyclic) bond motifs is 1. The minimum atomic E-state index is -0.899. The van der Waals surface area contributed by atoms with Crippen molar-refractivity contribution in [3.05, 3.63) is 84.2 Å². The lowest BCUT2D eigenvalue weighted by Gasteiger charge is -2.34. The molecule has 0 fully saturated rings. The fourth-order valence-electron chi connectivity index (χ4n) is 4.01. The second-order valence-electron chi connectivity index (χ2n) is 9.52. The van der Waals surface area contributed by atoms with Crippen LogP contribution in [0.25, 0.3) is 11.0 Å². The van der Waals surface area contributed by atoms with E-state index in [2.05, 4.69) is 20.6 Å². The summed E-state index contributed by atoms with van der Waals surface area (Å²) in [6, 6.07) is 17.6. The number of carbonyl (C=O) groups excluding carboxylic acids is 2. The van der Waals surface area contributed by atoms with Gasteiger partial charge in [0.25, 0.3) is 0 Å². The highest BCUT2D eigenvalue weighted by Crippen LogP contribution is 2.26. The summed E-state index contributed by atoms with van der Waals surface area (Å²) in [5.41, 5.74) is 2.47. The van der Waals surface area contributed by atoms with E-state index in [1.807, 2.05) is 75.4 Å². The molecule has 0 saturated carbocycles. The highest BCUT2D eigenvalue weighted by Gasteiger charge is 2.34. The van der Waals surface area contributed by atoms with Crippen LogP contribution in [0.3, 0.4) is 0 Å². The number of nitrogens with one attached hydrogen (secondary N) is 1. The van der Waals surface area contributed by atoms with Gasteiger partial charge in [-0.15, -0.1) is 5.10 Å². The number of methoxy groups -OCH3 is 1. The molecule has 37 heavy (non-hydrogen) atoms. The van der Waals surface area contributed by atoms with E-state index >= 15 is 0 Å². The summed E-state index contributed by atoms with van der Waals surface area (Å²) in [5.74, 6) is 0.164. The van der Waals surface area contributed by atoms with Gasteiger partial charge in [0.05, 0.1) is 12.6 Å². The molecule has 2 aromatic carbocycles. The molecule has 0 aliphatic heterocycles. The number of benzene rings is 2. The summed E-state index contributed by atoms with van der Waals surface area (Å²) in [7, 11) is 1.60. The summed E-state index contributed by atoms with van der Waals surface area (Å²) in [5, 5.41) is 11.5. The molecule has 0 radical (unpaired) electrons. The quantitative estimate of drug-likeness (QED) is 0.354. The molecule has 2 heterocycles. The van der Waals surface area contributed by atoms with E-state index in [-0.39, 0.29) is 24.9 Å². The number of carbonyl (C=O) groups is 2. The zero-order chi connectivity index (χ0) is 26.4. The fraction of sp³-hybridized carbons (Fsp3) is 0.321. The maximum Gasteiger partial charge on any atom is 0.247 e. The van der Waals surface area contributed by atoms with E-state index in [9.17, 15) is 9.59 Å². The molecule has 4 aromatic rings. The van der Waals surface area contributed by atoms with Crippen LogP contribution in [0.1, 0.15) is 44.4 Å². The average Bonchev–Trinajstić information content (AvgIpc) is 3.31. The van der Waals surface area contributed by atoms with E-state index in [4.69, 9.17) is 4.74 Å². The molecule has 0 spiro atoms. The zero-order valence-corrected chi connectivity index (χ0v) is 21.6. The molecule has 2 amide bonds. The van der Waals surface area contributed by atoms with Crippen LogP contribution in [-0.2, 0) is 22.7 Å². The Balaban J connectivity index is 1.74. The Hall–Kier alpha value is -4.27. The second kappa shape index (κ2) is 11.2. The highest BCUT2D eigenvalue weighted by molar-refractivity contribution is 5.89. The summed E-state index contributed by atoms with van der Waals surface area (Å²) in [6.45, 7) is 6.06. The van der Waals surface area contributed by atoms with Gasteiger partial charge in [0.2, 0.25) is 11.8 Å². The SMILES string of the molecule is CCC(C)(C)NC(=O)[C@@H](c1cccnc1)N(Cc1ccc(OC)cc1)C(=O)Cn1nnc2ccccc21. The van der Waals surface area contributed by atoms with Crippen LogP contribution < -0.4 is 10.1 Å². The predicted molar refractivity (Wildman–Crippen MR) is 141 cm³/mol. The van der Waals surface area contributed by atoms with Gasteiger partial charge in [-0.05, 0) is 56.2 Å². The van der Waals surface area contributed by atoms with Crippen molar-refractivity contribution in [2.24, 2.45) is 0 Å². The lowest BCUT2D eigenvalue weighted by atomic mass is 9.99. The Labute approximate surface area is 216 Å². The van der Waals surface area contributed by atoms with Crippen LogP contribution >= 0.6 is 0 Å². The molecular weight excluding hydrogens is 468 g/mol. The number of ether oxygens (including phenoxy) is 1. The Kier molecular flexibility index (Phi) is 7.81. The molecule has 4 rings (SSSR count). The minimum Gasteiger partial charge on any atom is -0.497 e. The Bertz CT molecular complexity index is 1350. The first-order valence-electron chi connectivity index (χ1n) is 12.2. The summed E-state index contributed by atoms with van der Waals surface area (Å²) in [6.07, 6.45) is 4.00. The summed E-state index contributed by atoms with van der Waals surface area (Å²) in [4.78, 5) is 33.5. The van der Waals surface area contributed by atoms with Gasteiger partial charge in [-0.25, -0.2) is 4.68 Å². The van der Waals surface area contributed by atoms with E-state index < -0.39 is 11.6 Å². The number of aromatic nitrogens is 4. The van der Waals surface area contributed by atoms with Gasteiger partial charge in [0, 0.05) is 30.0 Å². The number of pyridine rings is 1. The molecule has 1 N–H and O–H groups in total. The number of hydrogen-bond acceptors (Lipinski definition) is 6. The number of amides is 2. The van der Waals surface area contributed by atoms with E-state index in [1.165, 1.54) is 0 Å². The molecule has 9 heteroatoms. The van der Waals surface area contributed by atoms with Crippen molar-refractivity contribution in [2.75, 3.05) is 7.11 Å². The lowest BCUT2D eigenvalue weighted by molar-refractivity contribution is -0.143. The molecule has 1 atom stereocenters. The molecular formula is C28H32N6O3. The van der Waals surface area contributed by atoms with Crippen LogP contribution in [0.15, 0.2) is 73.1 Å². The van der Waals surface area contributed by atoms with Crippen molar-refractivity contribution in [3.63, 3.8) is 0 Å². The van der Waals surface area contributed by atoms with Gasteiger partial charge in [0.1, 0.15) is 23.9 Å². The monoisotopic (exact) mass is 500 g/mol. The van der Waals surface area contributed by atoms with Crippen LogP contribution in [0.2, 0.25) is 0 Å². The molecule has 0 aliphatic carbocycles. The third-order valence-corrected chi connectivity index (χ3v) is 6.44. The van der Waals surface area contributed by atoms with Gasteiger partial charge in [-0.3, -0.25) is 14.6 Å². The van der Waals surface area contributed by atoms with Gasteiger partial charge in [-0.2, -0.15) is 0 Å². The average molecular weight is 501 g/mol. The Morgan fingerprint density at radius 1 is 1.08 bits per heavy atom. The largest absolute Gasteiger partial charge is 0.497 e. The van der Waals surface area contributed by atoms with Crippen LogP contribution in [0, 0.1) is 0 Å². The third kappa shape index (κ3) is 6.11. The van der Waals surface area contributed by atoms with Crippen molar-refractivity contribution in [3.8, 4) is 5.75 Å². The van der Waals surface area contributed by atoms with Crippen molar-refractivity contribution in [2.45, 2.75) is 51.9 Å². The Morgan fingerprint density at radius 3 is 2.51 bits per heavy atom. The number of para-hydroxylation sites is 1. The lowest BCUT2D eigenvalue weighted by Crippen LogP contribution is -2.50. The second-order valence-corrected chi connectivity index (χ2v) is 9.52. The van der Waals surface area contributed by atoms with Gasteiger partial charge < -0.3 is 15.0 Å². The summed E-state index contributed by atoms with van der Waals surface area (Å²) >= 11 is 0. The summed E-state index contributed by atoms with van der Waals surface area (Å²) < 4.78 is 6.85. The van der Waals surface area contributed by atoms with E-state index in [1.54, 1.807) is 35.2 Å². The van der Waals surface area contributed by atoms with Crippen LogP contribution in [0.5, 0.6) is 5.75 Å². The molecule has 192 valence electrons.